The lowest BCUT2D eigenvalue weighted by atomic mass is 9.87. The van der Waals surface area contributed by atoms with Gasteiger partial charge < -0.3 is 10.6 Å². The largest absolute Gasteiger partial charge is 0.337 e. The van der Waals surface area contributed by atoms with Gasteiger partial charge in [0.1, 0.15) is 6.54 Å². The van der Waals surface area contributed by atoms with E-state index in [-0.39, 0.29) is 28.7 Å². The van der Waals surface area contributed by atoms with Crippen molar-refractivity contribution in [3.63, 3.8) is 0 Å². The Morgan fingerprint density at radius 2 is 1.42 bits per heavy atom. The van der Waals surface area contributed by atoms with Gasteiger partial charge in [0, 0.05) is 41.7 Å². The van der Waals surface area contributed by atoms with E-state index in [2.05, 4.69) is 87.3 Å². The van der Waals surface area contributed by atoms with Gasteiger partial charge in [-0.2, -0.15) is 0 Å². The molecule has 12 nitrogen and oxygen atoms in total. The molecular weight excluding hydrogens is 729 g/mol. The maximum atomic E-state index is 13.1. The molecule has 0 unspecified atom stereocenters. The van der Waals surface area contributed by atoms with Gasteiger partial charge in [0.25, 0.3) is 5.82 Å². The zero-order valence-corrected chi connectivity index (χ0v) is 33.1. The molecule has 0 saturated heterocycles. The number of carbonyl (C=O) groups excluding carboxylic acids is 2. The maximum Gasteiger partial charge on any atom is 0.337 e. The summed E-state index contributed by atoms with van der Waals surface area (Å²) in [7, 11) is 0. The second kappa shape index (κ2) is 17.0. The Morgan fingerprint density at radius 3 is 2.00 bits per heavy atom. The third-order valence-electron chi connectivity index (χ3n) is 9.29. The predicted molar refractivity (Wildman–Crippen MR) is 217 cm³/mol. The van der Waals surface area contributed by atoms with Crippen LogP contribution >= 0.6 is 23.5 Å². The van der Waals surface area contributed by atoms with Gasteiger partial charge in [-0.05, 0) is 103 Å². The predicted octanol–water partition coefficient (Wildman–Crippen LogP) is 7.24. The number of rotatable bonds is 15. The summed E-state index contributed by atoms with van der Waals surface area (Å²) in [5, 5.41) is 21.5. The second-order valence-electron chi connectivity index (χ2n) is 14.4. The molecule has 282 valence electrons. The van der Waals surface area contributed by atoms with Crippen molar-refractivity contribution in [2.45, 2.75) is 81.8 Å². The molecule has 6 aromatic rings. The van der Waals surface area contributed by atoms with Crippen molar-refractivity contribution in [1.29, 1.82) is 0 Å². The molecule has 0 bridgehead atoms. The fourth-order valence-electron chi connectivity index (χ4n) is 6.25. The van der Waals surface area contributed by atoms with Crippen molar-refractivity contribution >= 4 is 46.7 Å². The quantitative estimate of drug-likeness (QED) is 0.0818. The number of aryl methyl sites for hydroxylation is 1. The standard InChI is InChI=1S/C41H44N10O2S2/c1-5-49-38(31-9-7-21-43-25-31)51(48-40(49)55-27-36(53)45-34-18-14-32(15-19-34)41(2,3)4)23-22-50-37(30-8-6-20-42-24-30)46-47-39(50)54-26-35(52)44-33-16-12-29(13-17-33)28-10-11-28/h6-9,12-21,24-25,28H,5,10-11,22-23,26-27H2,1-4H3,(H-,44,45,52,53)/p+1. The first-order chi connectivity index (χ1) is 26.7. The van der Waals surface area contributed by atoms with Crippen LogP contribution in [-0.2, 0) is 34.6 Å². The van der Waals surface area contributed by atoms with Crippen molar-refractivity contribution in [3.05, 3.63) is 109 Å². The minimum atomic E-state index is -0.121. The molecule has 2 amide bonds. The average Bonchev–Trinajstić information content (AvgIpc) is 3.87. The molecule has 0 radical (unpaired) electrons. The van der Waals surface area contributed by atoms with Crippen LogP contribution in [0, 0.1) is 0 Å². The van der Waals surface area contributed by atoms with E-state index < -0.39 is 0 Å². The average molecular weight is 774 g/mol. The van der Waals surface area contributed by atoms with Crippen molar-refractivity contribution in [2.24, 2.45) is 0 Å². The smallest absolute Gasteiger partial charge is 0.325 e. The summed E-state index contributed by atoms with van der Waals surface area (Å²) < 4.78 is 6.07. The van der Waals surface area contributed by atoms with Crippen LogP contribution in [-0.4, -0.2) is 57.8 Å². The van der Waals surface area contributed by atoms with Gasteiger partial charge in [-0.3, -0.25) is 24.1 Å². The summed E-state index contributed by atoms with van der Waals surface area (Å²) in [4.78, 5) is 34.9. The van der Waals surface area contributed by atoms with Crippen LogP contribution in [0.15, 0.2) is 108 Å². The number of nitrogens with zero attached hydrogens (tertiary/aromatic N) is 8. The number of aromatic nitrogens is 8. The van der Waals surface area contributed by atoms with Crippen LogP contribution in [0.3, 0.4) is 0 Å². The molecule has 0 spiro atoms. The lowest BCUT2D eigenvalue weighted by Crippen LogP contribution is -2.36. The van der Waals surface area contributed by atoms with Crippen LogP contribution in [0.5, 0.6) is 0 Å². The van der Waals surface area contributed by atoms with Crippen molar-refractivity contribution in [2.75, 3.05) is 22.1 Å². The minimum absolute atomic E-state index is 0.0326. The zero-order chi connectivity index (χ0) is 38.4. The number of hydrogen-bond acceptors (Lipinski definition) is 9. The summed E-state index contributed by atoms with van der Waals surface area (Å²) >= 11 is 2.72. The van der Waals surface area contributed by atoms with E-state index in [1.807, 2.05) is 64.0 Å². The molecule has 0 atom stereocenters. The highest BCUT2D eigenvalue weighted by Crippen LogP contribution is 2.40. The molecule has 1 fully saturated rings. The number of pyridine rings is 2. The van der Waals surface area contributed by atoms with Gasteiger partial charge in [-0.25, -0.2) is 4.57 Å². The number of benzene rings is 2. The van der Waals surface area contributed by atoms with Crippen LogP contribution in [0.1, 0.15) is 57.6 Å². The molecule has 1 aliphatic rings. The normalized spacial score (nSPS) is 12.8. The molecule has 4 aromatic heterocycles. The van der Waals surface area contributed by atoms with Gasteiger partial charge in [0.15, 0.2) is 11.0 Å². The Labute approximate surface area is 329 Å². The van der Waals surface area contributed by atoms with Crippen molar-refractivity contribution in [3.8, 4) is 22.8 Å². The second-order valence-corrected chi connectivity index (χ2v) is 16.3. The van der Waals surface area contributed by atoms with E-state index in [4.69, 9.17) is 5.10 Å². The highest BCUT2D eigenvalue weighted by molar-refractivity contribution is 8.00. The molecule has 2 N–H and O–H groups in total. The number of carbonyl (C=O) groups is 2. The van der Waals surface area contributed by atoms with Gasteiger partial charge in [0.05, 0.1) is 35.3 Å². The molecule has 2 aromatic carbocycles. The summed E-state index contributed by atoms with van der Waals surface area (Å²) in [6, 6.07) is 23.8. The van der Waals surface area contributed by atoms with E-state index in [0.29, 0.717) is 41.7 Å². The number of nitrogens with one attached hydrogen (secondary N) is 2. The SMILES string of the molecule is CC[n+]1c(SCC(=O)Nc2ccc(C(C)(C)C)cc2)nn(CCn2c(SCC(=O)Nc3ccc(C4CC4)cc3)nnc2-c2cccnc2)c1-c1cccnc1. The molecule has 14 heteroatoms. The number of anilines is 2. The van der Waals surface area contributed by atoms with E-state index >= 15 is 0 Å². The molecular formula is C41H45N10O2S2+. The van der Waals surface area contributed by atoms with Crippen LogP contribution in [0.4, 0.5) is 11.4 Å². The Morgan fingerprint density at radius 1 is 0.800 bits per heavy atom. The molecule has 55 heavy (non-hydrogen) atoms. The van der Waals surface area contributed by atoms with E-state index in [1.54, 1.807) is 18.6 Å². The summed E-state index contributed by atoms with van der Waals surface area (Å²) in [5.74, 6) is 2.30. The summed E-state index contributed by atoms with van der Waals surface area (Å²) in [6.45, 7) is 10.1. The van der Waals surface area contributed by atoms with Gasteiger partial charge in [0.2, 0.25) is 11.8 Å². The number of amides is 2. The number of hydrogen-bond donors (Lipinski definition) is 2. The monoisotopic (exact) mass is 773 g/mol. The first-order valence-corrected chi connectivity index (χ1v) is 20.4. The van der Waals surface area contributed by atoms with Gasteiger partial charge >= 0.3 is 5.16 Å². The Balaban J connectivity index is 1.09. The van der Waals surface area contributed by atoms with Gasteiger partial charge in [-0.15, -0.1) is 14.9 Å². The first kappa shape index (κ1) is 38.0. The van der Waals surface area contributed by atoms with Crippen LogP contribution in [0.2, 0.25) is 0 Å². The lowest BCUT2D eigenvalue weighted by molar-refractivity contribution is -0.719. The summed E-state index contributed by atoms with van der Waals surface area (Å²) in [5.41, 5.74) is 5.82. The topological polar surface area (TPSA) is 136 Å². The first-order valence-electron chi connectivity index (χ1n) is 18.5. The fourth-order valence-corrected chi connectivity index (χ4v) is 7.87. The van der Waals surface area contributed by atoms with Crippen LogP contribution in [0.25, 0.3) is 22.8 Å². The molecule has 7 rings (SSSR count). The third kappa shape index (κ3) is 9.49. The van der Waals surface area contributed by atoms with E-state index in [9.17, 15) is 9.59 Å². The summed E-state index contributed by atoms with van der Waals surface area (Å²) in [6.07, 6.45) is 9.51. The van der Waals surface area contributed by atoms with E-state index in [0.717, 1.165) is 28.3 Å². The molecule has 1 saturated carbocycles. The zero-order valence-electron chi connectivity index (χ0n) is 31.5. The van der Waals surface area contributed by atoms with Crippen molar-refractivity contribution in [1.82, 2.24) is 34.5 Å². The number of thioether (sulfide) groups is 2. The van der Waals surface area contributed by atoms with Crippen LogP contribution < -0.4 is 15.2 Å². The Bertz CT molecular complexity index is 2230. The van der Waals surface area contributed by atoms with E-state index in [1.165, 1.54) is 47.5 Å². The van der Waals surface area contributed by atoms with Gasteiger partial charge in [-0.1, -0.05) is 56.8 Å². The molecule has 4 heterocycles. The Kier molecular flexibility index (Phi) is 11.7. The molecule has 0 aliphatic heterocycles. The lowest BCUT2D eigenvalue weighted by Gasteiger charge is -2.19. The minimum Gasteiger partial charge on any atom is -0.325 e. The highest BCUT2D eigenvalue weighted by atomic mass is 32.2. The molecule has 1 aliphatic carbocycles. The van der Waals surface area contributed by atoms with Crippen molar-refractivity contribution < 1.29 is 14.2 Å². The fraction of sp³-hybridized carbons (Fsp3) is 0.317. The maximum absolute atomic E-state index is 13.1. The third-order valence-corrected chi connectivity index (χ3v) is 11.2. The highest BCUT2D eigenvalue weighted by Gasteiger charge is 2.29. The Hall–Kier alpha value is -5.34.